The summed E-state index contributed by atoms with van der Waals surface area (Å²) in [6, 6.07) is 81.2. The van der Waals surface area contributed by atoms with Crippen molar-refractivity contribution in [2.75, 3.05) is 12.8 Å². The third-order valence-electron chi connectivity index (χ3n) is 13.3. The first kappa shape index (κ1) is 50.1. The van der Waals surface area contributed by atoms with Gasteiger partial charge in [-0.2, -0.15) is 10.2 Å². The standard InChI is InChI=1S/C31H22N4O2.C31H24N4.CH4O.CH4/c36-35(37)27-16-17-29-28(22-27)30(23-18-20-32-21-19-23)33-34(29)31(24-10-4-1-5-11-24,25-12-6-2-7-13-25)26-14-8-3-9-15-26;32-27-16-17-29-28(22-27)30(23-18-20-33-21-19-23)34-35(29)31(24-10-4-1-5-11-24,25-12-6-2-7-13-25)26-14-8-3-9-15-26;1-2;/h1-22H;1-22H,32H2;2H,1H3;1H4. The van der Waals surface area contributed by atoms with E-state index in [0.29, 0.717) is 16.8 Å². The summed E-state index contributed by atoms with van der Waals surface area (Å²) in [7, 11) is 1.00. The van der Waals surface area contributed by atoms with Crippen LogP contribution in [0.25, 0.3) is 44.3 Å². The maximum absolute atomic E-state index is 11.7. The van der Waals surface area contributed by atoms with Crippen molar-refractivity contribution in [1.29, 1.82) is 0 Å². The van der Waals surface area contributed by atoms with Crippen molar-refractivity contribution in [3.05, 3.63) is 311 Å². The molecule has 4 heterocycles. The van der Waals surface area contributed by atoms with E-state index in [4.69, 9.17) is 21.0 Å². The number of rotatable bonds is 11. The molecule has 0 atom stereocenters. The minimum atomic E-state index is -0.844. The Hall–Kier alpha value is -9.84. The zero-order chi connectivity index (χ0) is 50.9. The molecule has 75 heavy (non-hydrogen) atoms. The van der Waals surface area contributed by atoms with Crippen LogP contribution in [0.3, 0.4) is 0 Å². The van der Waals surface area contributed by atoms with E-state index in [1.807, 2.05) is 95.7 Å². The van der Waals surface area contributed by atoms with Gasteiger partial charge in [0.1, 0.15) is 22.5 Å². The molecule has 0 bridgehead atoms. The number of nitrogens with two attached hydrogens (primary N) is 1. The van der Waals surface area contributed by atoms with Gasteiger partial charge in [0.15, 0.2) is 0 Å². The van der Waals surface area contributed by atoms with Gasteiger partial charge in [0, 0.05) is 71.6 Å². The number of hydrogen-bond acceptors (Lipinski definition) is 8. The van der Waals surface area contributed by atoms with Gasteiger partial charge in [-0.3, -0.25) is 20.1 Å². The summed E-state index contributed by atoms with van der Waals surface area (Å²) in [4.78, 5) is 19.7. The van der Waals surface area contributed by atoms with Crippen LogP contribution in [0.5, 0.6) is 0 Å². The Morgan fingerprint density at radius 2 is 0.720 bits per heavy atom. The number of nitro groups is 1. The van der Waals surface area contributed by atoms with Gasteiger partial charge < -0.3 is 10.8 Å². The van der Waals surface area contributed by atoms with E-state index >= 15 is 0 Å². The summed E-state index contributed by atoms with van der Waals surface area (Å²) >= 11 is 0. The van der Waals surface area contributed by atoms with Crippen LogP contribution in [0.4, 0.5) is 11.4 Å². The smallest absolute Gasteiger partial charge is 0.270 e. The molecule has 0 spiro atoms. The Labute approximate surface area is 435 Å². The lowest BCUT2D eigenvalue weighted by Gasteiger charge is -2.37. The zero-order valence-corrected chi connectivity index (χ0v) is 40.4. The first-order valence-corrected chi connectivity index (χ1v) is 24.0. The SMILES string of the molecule is C.CO.Nc1ccc2c(c1)c(-c1ccncc1)nn2C(c1ccccc1)(c1ccccc1)c1ccccc1.O=[N+]([O-])c1ccc2c(c1)c(-c1ccncc1)nn2C(c1ccccc1)(c1ccccc1)c1ccccc1. The number of nitrogens with zero attached hydrogens (tertiary/aromatic N) is 7. The Kier molecular flexibility index (Phi) is 14.9. The Balaban J connectivity index is 0.000000176. The molecule has 0 saturated carbocycles. The topological polar surface area (TPSA) is 151 Å². The van der Waals surface area contributed by atoms with Crippen LogP contribution in [-0.2, 0) is 11.1 Å². The van der Waals surface area contributed by atoms with Crippen molar-refractivity contribution >= 4 is 33.2 Å². The molecule has 0 aliphatic rings. The van der Waals surface area contributed by atoms with Gasteiger partial charge in [0.2, 0.25) is 0 Å². The fourth-order valence-electron chi connectivity index (χ4n) is 10.1. The molecule has 12 rings (SSSR count). The fourth-order valence-corrected chi connectivity index (χ4v) is 10.1. The number of non-ortho nitro benzene ring substituents is 1. The summed E-state index contributed by atoms with van der Waals surface area (Å²) in [5, 5.41) is 31.0. The van der Waals surface area contributed by atoms with Gasteiger partial charge in [0.25, 0.3) is 5.69 Å². The molecule has 0 aliphatic carbocycles. The maximum Gasteiger partial charge on any atom is 0.270 e. The van der Waals surface area contributed by atoms with Crippen LogP contribution in [-0.4, -0.2) is 46.7 Å². The predicted molar refractivity (Wildman–Crippen MR) is 301 cm³/mol. The minimum Gasteiger partial charge on any atom is -0.400 e. The molecule has 0 fully saturated rings. The number of pyridine rings is 2. The number of benzene rings is 8. The average Bonchev–Trinajstić information content (AvgIpc) is 4.05. The number of aliphatic hydroxyl groups excluding tert-OH is 1. The van der Waals surface area contributed by atoms with Crippen molar-refractivity contribution < 1.29 is 10.0 Å². The predicted octanol–water partition coefficient (Wildman–Crippen LogP) is 13.6. The summed E-state index contributed by atoms with van der Waals surface area (Å²) in [6.07, 6.45) is 7.00. The lowest BCUT2D eigenvalue weighted by atomic mass is 9.77. The van der Waals surface area contributed by atoms with Crippen molar-refractivity contribution in [2.24, 2.45) is 0 Å². The Bertz CT molecular complexity index is 3580. The normalized spacial score (nSPS) is 11.1. The second-order valence-electron chi connectivity index (χ2n) is 17.3. The third kappa shape index (κ3) is 9.20. The van der Waals surface area contributed by atoms with E-state index < -0.39 is 11.1 Å². The van der Waals surface area contributed by atoms with Gasteiger partial charge in [0.05, 0.1) is 16.0 Å². The average molecular weight is 983 g/mol. The summed E-state index contributed by atoms with van der Waals surface area (Å²) < 4.78 is 4.18. The van der Waals surface area contributed by atoms with Crippen LogP contribution >= 0.6 is 0 Å². The number of nitro benzene ring substituents is 1. The quantitative estimate of drug-likeness (QED) is 0.0563. The third-order valence-corrected chi connectivity index (χ3v) is 13.3. The van der Waals surface area contributed by atoms with E-state index in [9.17, 15) is 10.1 Å². The highest BCUT2D eigenvalue weighted by Gasteiger charge is 2.42. The molecular weight excluding hydrogens is 929 g/mol. The highest BCUT2D eigenvalue weighted by atomic mass is 16.6. The molecule has 368 valence electrons. The van der Waals surface area contributed by atoms with E-state index in [-0.39, 0.29) is 18.0 Å². The highest BCUT2D eigenvalue weighted by Crippen LogP contribution is 2.46. The fraction of sp³-hybridized carbons (Fsp3) is 0.0625. The molecule has 11 nitrogen and oxygen atoms in total. The number of anilines is 1. The van der Waals surface area contributed by atoms with E-state index in [2.05, 4.69) is 148 Å². The van der Waals surface area contributed by atoms with Crippen LogP contribution in [0.2, 0.25) is 0 Å². The van der Waals surface area contributed by atoms with Gasteiger partial charge in [-0.05, 0) is 81.9 Å². The molecule has 8 aromatic carbocycles. The summed E-state index contributed by atoms with van der Waals surface area (Å²) in [6.45, 7) is 0. The largest absolute Gasteiger partial charge is 0.400 e. The molecule has 0 aliphatic heterocycles. The summed E-state index contributed by atoms with van der Waals surface area (Å²) in [5.41, 5.74) is 17.1. The molecule has 0 unspecified atom stereocenters. The number of aromatic nitrogens is 6. The molecule has 12 aromatic rings. The van der Waals surface area contributed by atoms with Crippen LogP contribution in [0.1, 0.15) is 40.8 Å². The Morgan fingerprint density at radius 3 is 1.03 bits per heavy atom. The second-order valence-corrected chi connectivity index (χ2v) is 17.3. The zero-order valence-electron chi connectivity index (χ0n) is 40.4. The van der Waals surface area contributed by atoms with Crippen molar-refractivity contribution in [2.45, 2.75) is 18.5 Å². The molecule has 0 saturated heterocycles. The molecule has 0 amide bonds. The van der Waals surface area contributed by atoms with Gasteiger partial charge in [-0.15, -0.1) is 0 Å². The van der Waals surface area contributed by atoms with E-state index in [0.717, 1.165) is 73.7 Å². The minimum absolute atomic E-state index is 0. The molecule has 0 radical (unpaired) electrons. The van der Waals surface area contributed by atoms with Gasteiger partial charge in [-0.25, -0.2) is 9.36 Å². The van der Waals surface area contributed by atoms with Crippen LogP contribution in [0, 0.1) is 10.1 Å². The monoisotopic (exact) mass is 982 g/mol. The van der Waals surface area contributed by atoms with Crippen molar-refractivity contribution in [3.8, 4) is 22.5 Å². The highest BCUT2D eigenvalue weighted by molar-refractivity contribution is 5.96. The number of hydrogen-bond donors (Lipinski definition) is 2. The summed E-state index contributed by atoms with van der Waals surface area (Å²) in [5.74, 6) is 0. The molecule has 4 aromatic heterocycles. The first-order chi connectivity index (χ1) is 36.5. The molecular formula is C64H54N8O3. The second kappa shape index (κ2) is 22.3. The van der Waals surface area contributed by atoms with Crippen molar-refractivity contribution in [3.63, 3.8) is 0 Å². The number of nitrogen functional groups attached to an aromatic ring is 1. The Morgan fingerprint density at radius 1 is 0.427 bits per heavy atom. The number of aliphatic hydroxyl groups is 1. The molecule has 11 heteroatoms. The van der Waals surface area contributed by atoms with Crippen LogP contribution in [0.15, 0.2) is 267 Å². The van der Waals surface area contributed by atoms with E-state index in [1.165, 1.54) is 0 Å². The first-order valence-electron chi connectivity index (χ1n) is 24.0. The van der Waals surface area contributed by atoms with Gasteiger partial charge in [-0.1, -0.05) is 189 Å². The van der Waals surface area contributed by atoms with Crippen LogP contribution < -0.4 is 5.73 Å². The maximum atomic E-state index is 11.7. The number of fused-ring (bicyclic) bond motifs is 2. The van der Waals surface area contributed by atoms with E-state index in [1.54, 1.807) is 43.0 Å². The molecule has 3 N–H and O–H groups in total. The van der Waals surface area contributed by atoms with Gasteiger partial charge >= 0.3 is 0 Å². The van der Waals surface area contributed by atoms with Crippen molar-refractivity contribution in [1.82, 2.24) is 29.5 Å². The lowest BCUT2D eigenvalue weighted by Crippen LogP contribution is -2.38. The lowest BCUT2D eigenvalue weighted by molar-refractivity contribution is -0.384.